The number of nitrogens with one attached hydrogen (secondary N) is 2. The van der Waals surface area contributed by atoms with Gasteiger partial charge < -0.3 is 11.5 Å². The molecule has 13 heteroatoms. The number of hydrogen-bond donors (Lipinski definition) is 3. The predicted octanol–water partition coefficient (Wildman–Crippen LogP) is -3.91. The van der Waals surface area contributed by atoms with Crippen LogP contribution in [0.3, 0.4) is 0 Å². The Morgan fingerprint density at radius 1 is 1.31 bits per heavy atom. The van der Waals surface area contributed by atoms with Crippen LogP contribution in [0.4, 0.5) is 4.79 Å². The molecule has 26 heavy (non-hydrogen) atoms. The third kappa shape index (κ3) is 5.16. The number of alkyl carbamates (subject to hydrolysis) is 1. The molecule has 0 spiro atoms. The molecule has 3 amide bonds. The fourth-order valence-electron chi connectivity index (χ4n) is 2.17. The Bertz CT molecular complexity index is 779. The number of β-lactam (4-membered cyclic amide) rings is 1. The molecule has 3 N–H and O–H groups in total. The summed E-state index contributed by atoms with van der Waals surface area (Å²) in [5, 5.41) is 2.08. The van der Waals surface area contributed by atoms with E-state index < -0.39 is 40.3 Å². The van der Waals surface area contributed by atoms with Gasteiger partial charge in [0.2, 0.25) is 0 Å². The molecule has 2 atom stereocenters. The molecule has 11 nitrogen and oxygen atoms in total. The van der Waals surface area contributed by atoms with Crippen molar-refractivity contribution in [3.63, 3.8) is 0 Å². The Morgan fingerprint density at radius 2 is 1.92 bits per heavy atom. The molecule has 0 radical (unpaired) electrons. The molecule has 1 aliphatic rings. The number of hydrogen-bond acceptors (Lipinski definition) is 7. The van der Waals surface area contributed by atoms with Gasteiger partial charge in [0.15, 0.2) is 6.04 Å². The van der Waals surface area contributed by atoms with Gasteiger partial charge in [0.1, 0.15) is 12.6 Å². The van der Waals surface area contributed by atoms with Crippen LogP contribution in [0.2, 0.25) is 0 Å². The first kappa shape index (κ1) is 22.3. The standard InChI is InChI=1S/C13H15N3O8S.Na.H/c1-23-15-11(17)10-9(12(18)16(10)25(20,21)22)14-13(19)24-7-8-5-3-2-4-6-8;;/h2-6,9-10H,7H2,1H3,(H,14,19)(H,15,17)(H,20,21,22);;/q;+1;-1. The number of rotatable bonds is 6. The fraction of sp³-hybridized carbons (Fsp3) is 0.308. The third-order valence-corrected chi connectivity index (χ3v) is 4.16. The summed E-state index contributed by atoms with van der Waals surface area (Å²) < 4.78 is 36.2. The maximum absolute atomic E-state index is 11.8. The molecule has 1 aliphatic heterocycles. The number of carbonyl (C=O) groups excluding carboxylic acids is 3. The van der Waals surface area contributed by atoms with Gasteiger partial charge in [-0.15, -0.1) is 0 Å². The average Bonchev–Trinajstić information content (AvgIpc) is 2.55. The number of ether oxygens (including phenoxy) is 1. The summed E-state index contributed by atoms with van der Waals surface area (Å²) in [5.74, 6) is -2.23. The molecule has 2 rings (SSSR count). The number of benzene rings is 1. The SMILES string of the molecule is CONC(=O)C1C(NC(=O)OCc2ccccc2)C(=O)N1S(=O)(=O)O.[H-].[Na+]. The van der Waals surface area contributed by atoms with E-state index in [-0.39, 0.29) is 41.9 Å². The van der Waals surface area contributed by atoms with Crippen molar-refractivity contribution < 1.29 is 67.9 Å². The molecule has 138 valence electrons. The zero-order chi connectivity index (χ0) is 18.6. The Hall–Kier alpha value is -1.70. The molecule has 0 bridgehead atoms. The summed E-state index contributed by atoms with van der Waals surface area (Å²) in [4.78, 5) is 39.8. The van der Waals surface area contributed by atoms with E-state index in [2.05, 4.69) is 10.2 Å². The Balaban J connectivity index is 0.00000338. The van der Waals surface area contributed by atoms with Gasteiger partial charge in [-0.2, -0.15) is 12.7 Å². The Morgan fingerprint density at radius 3 is 2.46 bits per heavy atom. The van der Waals surface area contributed by atoms with Crippen molar-refractivity contribution in [2.75, 3.05) is 7.11 Å². The topological polar surface area (TPSA) is 151 Å². The van der Waals surface area contributed by atoms with Gasteiger partial charge in [0, 0.05) is 0 Å². The maximum atomic E-state index is 11.8. The van der Waals surface area contributed by atoms with Crippen LogP contribution in [0.1, 0.15) is 6.99 Å². The normalized spacial score (nSPS) is 19.0. The number of hydroxylamine groups is 1. The molecule has 1 fully saturated rings. The van der Waals surface area contributed by atoms with Crippen molar-refractivity contribution in [2.45, 2.75) is 18.7 Å². The minimum Gasteiger partial charge on any atom is -1.00 e. The summed E-state index contributed by atoms with van der Waals surface area (Å²) in [6.45, 7) is -0.0927. The van der Waals surface area contributed by atoms with E-state index in [1.807, 2.05) is 5.48 Å². The zero-order valence-electron chi connectivity index (χ0n) is 14.9. The predicted molar refractivity (Wildman–Crippen MR) is 82.0 cm³/mol. The summed E-state index contributed by atoms with van der Waals surface area (Å²) in [5.41, 5.74) is 2.52. The quantitative estimate of drug-likeness (QED) is 0.191. The molecule has 0 saturated carbocycles. The van der Waals surface area contributed by atoms with Gasteiger partial charge in [-0.3, -0.25) is 19.0 Å². The minimum absolute atomic E-state index is 0. The van der Waals surface area contributed by atoms with Crippen LogP contribution in [0.5, 0.6) is 0 Å². The summed E-state index contributed by atoms with van der Waals surface area (Å²) in [6, 6.07) is 5.43. The average molecular weight is 397 g/mol. The maximum Gasteiger partial charge on any atom is 1.00 e. The molecular formula is C13H16N3NaO8S. The number of amides is 3. The van der Waals surface area contributed by atoms with Crippen molar-refractivity contribution in [3.8, 4) is 0 Å². The molecule has 1 aromatic carbocycles. The van der Waals surface area contributed by atoms with Crippen molar-refractivity contribution >= 4 is 28.2 Å². The van der Waals surface area contributed by atoms with Crippen molar-refractivity contribution in [3.05, 3.63) is 35.9 Å². The van der Waals surface area contributed by atoms with E-state index in [1.165, 1.54) is 0 Å². The van der Waals surface area contributed by atoms with Crippen LogP contribution in [0, 0.1) is 0 Å². The van der Waals surface area contributed by atoms with Crippen LogP contribution in [0.25, 0.3) is 0 Å². The minimum atomic E-state index is -4.98. The summed E-state index contributed by atoms with van der Waals surface area (Å²) >= 11 is 0. The second-order valence-corrected chi connectivity index (χ2v) is 6.20. The zero-order valence-corrected chi connectivity index (χ0v) is 16.7. The van der Waals surface area contributed by atoms with E-state index in [4.69, 9.17) is 9.29 Å². The van der Waals surface area contributed by atoms with Crippen LogP contribution in [-0.4, -0.2) is 54.4 Å². The van der Waals surface area contributed by atoms with E-state index in [0.29, 0.717) is 5.56 Å². The van der Waals surface area contributed by atoms with Crippen LogP contribution in [-0.2, 0) is 36.1 Å². The van der Waals surface area contributed by atoms with Crippen molar-refractivity contribution in [2.24, 2.45) is 0 Å². The second kappa shape index (κ2) is 9.30. The Kier molecular flexibility index (Phi) is 7.99. The Labute approximate surface area is 172 Å². The molecule has 0 aromatic heterocycles. The first-order chi connectivity index (χ1) is 11.8. The smallest absolute Gasteiger partial charge is 1.00 e. The number of nitrogens with zero attached hydrogens (tertiary/aromatic N) is 1. The fourth-order valence-corrected chi connectivity index (χ4v) is 3.02. The first-order valence-corrected chi connectivity index (χ1v) is 8.26. The van der Waals surface area contributed by atoms with E-state index >= 15 is 0 Å². The monoisotopic (exact) mass is 397 g/mol. The first-order valence-electron chi connectivity index (χ1n) is 6.86. The molecule has 0 aliphatic carbocycles. The molecule has 1 saturated heterocycles. The van der Waals surface area contributed by atoms with Gasteiger partial charge in [0.05, 0.1) is 7.11 Å². The van der Waals surface area contributed by atoms with Crippen LogP contribution >= 0.6 is 0 Å². The molecular weight excluding hydrogens is 381 g/mol. The van der Waals surface area contributed by atoms with Gasteiger partial charge in [0.25, 0.3) is 11.8 Å². The van der Waals surface area contributed by atoms with E-state index in [0.717, 1.165) is 7.11 Å². The largest absolute Gasteiger partial charge is 1.00 e. The van der Waals surface area contributed by atoms with E-state index in [1.54, 1.807) is 30.3 Å². The van der Waals surface area contributed by atoms with Gasteiger partial charge >= 0.3 is 46.0 Å². The molecule has 1 aromatic rings. The number of carbonyl (C=O) groups is 3. The van der Waals surface area contributed by atoms with Crippen molar-refractivity contribution in [1.29, 1.82) is 0 Å². The van der Waals surface area contributed by atoms with Crippen LogP contribution < -0.4 is 40.4 Å². The van der Waals surface area contributed by atoms with Crippen molar-refractivity contribution in [1.82, 2.24) is 15.1 Å². The van der Waals surface area contributed by atoms with Gasteiger partial charge in [-0.05, 0) is 5.56 Å². The van der Waals surface area contributed by atoms with Gasteiger partial charge in [-0.1, -0.05) is 30.3 Å². The summed E-state index contributed by atoms with van der Waals surface area (Å²) in [7, 11) is -3.89. The third-order valence-electron chi connectivity index (χ3n) is 3.26. The van der Waals surface area contributed by atoms with Gasteiger partial charge in [-0.25, -0.2) is 10.3 Å². The molecule has 2 unspecified atom stereocenters. The summed E-state index contributed by atoms with van der Waals surface area (Å²) in [6.07, 6.45) is -1.03. The van der Waals surface area contributed by atoms with E-state index in [9.17, 15) is 22.8 Å². The second-order valence-electron chi connectivity index (χ2n) is 4.91. The molecule has 1 heterocycles. The van der Waals surface area contributed by atoms with Crippen LogP contribution in [0.15, 0.2) is 30.3 Å².